The molecule has 1 aliphatic carbocycles. The lowest BCUT2D eigenvalue weighted by atomic mass is 9.78. The molecular formula is C17H24F2N2O. The predicted molar refractivity (Wildman–Crippen MR) is 82.4 cm³/mol. The van der Waals surface area contributed by atoms with E-state index in [-0.39, 0.29) is 24.1 Å². The largest absolute Gasteiger partial charge is 0.355 e. The van der Waals surface area contributed by atoms with Gasteiger partial charge in [0.1, 0.15) is 11.6 Å². The van der Waals surface area contributed by atoms with E-state index in [0.29, 0.717) is 25.7 Å². The van der Waals surface area contributed by atoms with E-state index in [1.807, 2.05) is 6.92 Å². The molecule has 1 aliphatic rings. The standard InChI is InChI=1S/C17H24F2N2O/c1-12(20)7-8-15(22)21-11-17(9-2-3-10-17)16-13(18)5-4-6-14(16)19/h4-6,12H,2-3,7-11,20H2,1H3,(H,21,22). The molecule has 22 heavy (non-hydrogen) atoms. The number of carbonyl (C=O) groups excluding carboxylic acids is 1. The van der Waals surface area contributed by atoms with Gasteiger partial charge in [0.15, 0.2) is 0 Å². The highest BCUT2D eigenvalue weighted by molar-refractivity contribution is 5.76. The number of rotatable bonds is 6. The molecule has 122 valence electrons. The van der Waals surface area contributed by atoms with Crippen LogP contribution in [0.25, 0.3) is 0 Å². The highest BCUT2D eigenvalue weighted by Crippen LogP contribution is 2.42. The smallest absolute Gasteiger partial charge is 0.220 e. The van der Waals surface area contributed by atoms with Gasteiger partial charge in [0.2, 0.25) is 5.91 Å². The van der Waals surface area contributed by atoms with Crippen molar-refractivity contribution in [1.82, 2.24) is 5.32 Å². The molecule has 0 saturated heterocycles. The van der Waals surface area contributed by atoms with Crippen LogP contribution in [-0.2, 0) is 10.2 Å². The Morgan fingerprint density at radius 3 is 2.45 bits per heavy atom. The van der Waals surface area contributed by atoms with Gasteiger partial charge < -0.3 is 11.1 Å². The van der Waals surface area contributed by atoms with Gasteiger partial charge in [-0.2, -0.15) is 0 Å². The number of amides is 1. The van der Waals surface area contributed by atoms with Gasteiger partial charge in [-0.05, 0) is 38.3 Å². The predicted octanol–water partition coefficient (Wildman–Crippen LogP) is 3.02. The summed E-state index contributed by atoms with van der Waals surface area (Å²) in [6, 6.07) is 3.92. The molecule has 0 heterocycles. The maximum atomic E-state index is 14.2. The molecule has 1 saturated carbocycles. The number of nitrogens with one attached hydrogen (secondary N) is 1. The molecule has 1 atom stereocenters. The van der Waals surface area contributed by atoms with E-state index >= 15 is 0 Å². The lowest BCUT2D eigenvalue weighted by Crippen LogP contribution is -2.40. The molecule has 0 aliphatic heterocycles. The number of nitrogens with two attached hydrogens (primary N) is 1. The van der Waals surface area contributed by atoms with Crippen molar-refractivity contribution in [2.75, 3.05) is 6.54 Å². The summed E-state index contributed by atoms with van der Waals surface area (Å²) in [5, 5.41) is 2.85. The van der Waals surface area contributed by atoms with Crippen LogP contribution in [0.1, 0.15) is 51.0 Å². The van der Waals surface area contributed by atoms with Gasteiger partial charge in [0.05, 0.1) is 0 Å². The summed E-state index contributed by atoms with van der Waals surface area (Å²) in [4.78, 5) is 11.9. The maximum Gasteiger partial charge on any atom is 0.220 e. The third-order valence-corrected chi connectivity index (χ3v) is 4.50. The Morgan fingerprint density at radius 1 is 1.32 bits per heavy atom. The molecule has 0 aromatic heterocycles. The van der Waals surface area contributed by atoms with Crippen LogP contribution in [0.2, 0.25) is 0 Å². The molecule has 2 rings (SSSR count). The van der Waals surface area contributed by atoms with Gasteiger partial charge in [-0.15, -0.1) is 0 Å². The van der Waals surface area contributed by atoms with Gasteiger partial charge in [-0.3, -0.25) is 4.79 Å². The summed E-state index contributed by atoms with van der Waals surface area (Å²) >= 11 is 0. The van der Waals surface area contributed by atoms with Crippen molar-refractivity contribution in [1.29, 1.82) is 0 Å². The average molecular weight is 310 g/mol. The normalized spacial score (nSPS) is 18.2. The van der Waals surface area contributed by atoms with Crippen molar-refractivity contribution in [3.05, 3.63) is 35.4 Å². The summed E-state index contributed by atoms with van der Waals surface area (Å²) in [6.45, 7) is 2.13. The summed E-state index contributed by atoms with van der Waals surface area (Å²) < 4.78 is 28.3. The lowest BCUT2D eigenvalue weighted by molar-refractivity contribution is -0.121. The van der Waals surface area contributed by atoms with E-state index in [2.05, 4.69) is 5.32 Å². The van der Waals surface area contributed by atoms with Crippen molar-refractivity contribution in [3.8, 4) is 0 Å². The van der Waals surface area contributed by atoms with Crippen LogP contribution in [0.5, 0.6) is 0 Å². The van der Waals surface area contributed by atoms with E-state index in [1.54, 1.807) is 0 Å². The first kappa shape index (κ1) is 16.9. The number of halogens is 2. The van der Waals surface area contributed by atoms with Crippen LogP contribution in [0, 0.1) is 11.6 Å². The lowest BCUT2D eigenvalue weighted by Gasteiger charge is -2.30. The molecule has 1 fully saturated rings. The zero-order valence-corrected chi connectivity index (χ0v) is 13.0. The minimum Gasteiger partial charge on any atom is -0.355 e. The molecule has 1 unspecified atom stereocenters. The summed E-state index contributed by atoms with van der Waals surface area (Å²) in [7, 11) is 0. The number of hydrogen-bond donors (Lipinski definition) is 2. The minimum atomic E-state index is -0.626. The second-order valence-corrected chi connectivity index (χ2v) is 6.38. The molecule has 3 N–H and O–H groups in total. The van der Waals surface area contributed by atoms with Crippen LogP contribution in [0.4, 0.5) is 8.78 Å². The first-order valence-electron chi connectivity index (χ1n) is 7.91. The fourth-order valence-electron chi connectivity index (χ4n) is 3.29. The summed E-state index contributed by atoms with van der Waals surface area (Å²) in [5.74, 6) is -1.15. The van der Waals surface area contributed by atoms with Crippen LogP contribution in [0.3, 0.4) is 0 Å². The topological polar surface area (TPSA) is 55.1 Å². The first-order chi connectivity index (χ1) is 10.4. The Labute approximate surface area is 130 Å². The zero-order valence-electron chi connectivity index (χ0n) is 13.0. The second-order valence-electron chi connectivity index (χ2n) is 6.38. The quantitative estimate of drug-likeness (QED) is 0.848. The van der Waals surface area contributed by atoms with Crippen molar-refractivity contribution in [2.45, 2.75) is 56.9 Å². The summed E-state index contributed by atoms with van der Waals surface area (Å²) in [5.41, 5.74) is 5.14. The van der Waals surface area contributed by atoms with E-state index in [0.717, 1.165) is 12.8 Å². The monoisotopic (exact) mass is 310 g/mol. The van der Waals surface area contributed by atoms with Crippen molar-refractivity contribution < 1.29 is 13.6 Å². The fraction of sp³-hybridized carbons (Fsp3) is 0.588. The van der Waals surface area contributed by atoms with E-state index in [1.165, 1.54) is 18.2 Å². The van der Waals surface area contributed by atoms with Crippen LogP contribution in [-0.4, -0.2) is 18.5 Å². The van der Waals surface area contributed by atoms with Crippen molar-refractivity contribution in [2.24, 2.45) is 5.73 Å². The maximum absolute atomic E-state index is 14.2. The van der Waals surface area contributed by atoms with Crippen molar-refractivity contribution in [3.63, 3.8) is 0 Å². The third-order valence-electron chi connectivity index (χ3n) is 4.50. The van der Waals surface area contributed by atoms with E-state index < -0.39 is 17.0 Å². The number of hydrogen-bond acceptors (Lipinski definition) is 2. The fourth-order valence-corrected chi connectivity index (χ4v) is 3.29. The molecule has 0 bridgehead atoms. The summed E-state index contributed by atoms with van der Waals surface area (Å²) in [6.07, 6.45) is 4.17. The number of benzene rings is 1. The molecule has 1 aromatic rings. The molecule has 0 radical (unpaired) electrons. The highest BCUT2D eigenvalue weighted by atomic mass is 19.1. The van der Waals surface area contributed by atoms with Crippen LogP contribution in [0.15, 0.2) is 18.2 Å². The Morgan fingerprint density at radius 2 is 1.91 bits per heavy atom. The first-order valence-corrected chi connectivity index (χ1v) is 7.91. The van der Waals surface area contributed by atoms with Crippen LogP contribution < -0.4 is 11.1 Å². The third kappa shape index (κ3) is 3.83. The Bertz CT molecular complexity index is 505. The molecule has 5 heteroatoms. The van der Waals surface area contributed by atoms with E-state index in [9.17, 15) is 13.6 Å². The van der Waals surface area contributed by atoms with Gasteiger partial charge in [-0.25, -0.2) is 8.78 Å². The Kier molecular flexibility index (Phi) is 5.51. The van der Waals surface area contributed by atoms with Gasteiger partial charge in [-0.1, -0.05) is 18.9 Å². The van der Waals surface area contributed by atoms with Crippen LogP contribution >= 0.6 is 0 Å². The average Bonchev–Trinajstić information content (AvgIpc) is 2.92. The second kappa shape index (κ2) is 7.18. The zero-order chi connectivity index (χ0) is 16.2. The molecule has 1 aromatic carbocycles. The van der Waals surface area contributed by atoms with Gasteiger partial charge in [0.25, 0.3) is 0 Å². The van der Waals surface area contributed by atoms with Crippen molar-refractivity contribution >= 4 is 5.91 Å². The Hall–Kier alpha value is -1.49. The van der Waals surface area contributed by atoms with Gasteiger partial charge in [0, 0.05) is 30.0 Å². The molecule has 0 spiro atoms. The molecular weight excluding hydrogens is 286 g/mol. The SMILES string of the molecule is CC(N)CCC(=O)NCC1(c2c(F)cccc2F)CCCC1. The van der Waals surface area contributed by atoms with Gasteiger partial charge >= 0.3 is 0 Å². The minimum absolute atomic E-state index is 0.0322. The highest BCUT2D eigenvalue weighted by Gasteiger charge is 2.40. The molecule has 3 nitrogen and oxygen atoms in total. The Balaban J connectivity index is 2.11. The van der Waals surface area contributed by atoms with E-state index in [4.69, 9.17) is 5.73 Å². The number of carbonyl (C=O) groups is 1. The molecule has 1 amide bonds.